The predicted octanol–water partition coefficient (Wildman–Crippen LogP) is 3.42. The first-order valence-electron chi connectivity index (χ1n) is 8.67. The number of guanidine groups is 1. The van der Waals surface area contributed by atoms with Crippen molar-refractivity contribution in [2.45, 2.75) is 18.3 Å². The van der Waals surface area contributed by atoms with Crippen molar-refractivity contribution < 1.29 is 17.6 Å². The summed E-state index contributed by atoms with van der Waals surface area (Å²) in [6.07, 6.45) is -0.695. The molecule has 1 unspecified atom stereocenters. The molecule has 1 aromatic carbocycles. The number of hydrogen-bond donors (Lipinski definition) is 4. The minimum atomic E-state index is -4.72. The van der Waals surface area contributed by atoms with E-state index in [4.69, 9.17) is 23.1 Å². The second-order valence-corrected chi connectivity index (χ2v) is 7.22. The van der Waals surface area contributed by atoms with Crippen molar-refractivity contribution in [2.75, 3.05) is 0 Å². The minimum absolute atomic E-state index is 0.0227. The molecular formula is C19H15ClF4N6. The van der Waals surface area contributed by atoms with E-state index in [1.54, 1.807) is 18.5 Å². The highest BCUT2D eigenvalue weighted by molar-refractivity contribution is 6.35. The van der Waals surface area contributed by atoms with Crippen LogP contribution in [0.4, 0.5) is 17.6 Å². The predicted molar refractivity (Wildman–Crippen MR) is 105 cm³/mol. The van der Waals surface area contributed by atoms with Crippen molar-refractivity contribution in [2.24, 2.45) is 16.5 Å². The van der Waals surface area contributed by atoms with Gasteiger partial charge in [-0.3, -0.25) is 5.73 Å². The van der Waals surface area contributed by atoms with Crippen LogP contribution in [0.2, 0.25) is 5.02 Å². The Kier molecular flexibility index (Phi) is 4.70. The lowest BCUT2D eigenvalue weighted by Crippen LogP contribution is -2.47. The van der Waals surface area contributed by atoms with Gasteiger partial charge in [0.25, 0.3) is 0 Å². The quantitative estimate of drug-likeness (QED) is 0.470. The van der Waals surface area contributed by atoms with E-state index >= 15 is 0 Å². The maximum Gasteiger partial charge on any atom is 0.431 e. The smallest absolute Gasteiger partial charge is 0.370 e. The molecule has 3 aromatic rings. The van der Waals surface area contributed by atoms with Crippen molar-refractivity contribution in [1.82, 2.24) is 15.3 Å². The van der Waals surface area contributed by atoms with Crippen LogP contribution in [-0.2, 0) is 12.1 Å². The first-order chi connectivity index (χ1) is 14.1. The number of benzene rings is 1. The summed E-state index contributed by atoms with van der Waals surface area (Å²) in [6, 6.07) is 5.64. The fraction of sp³-hybridized carbons (Fsp3) is 0.158. The van der Waals surface area contributed by atoms with Crippen molar-refractivity contribution in [3.8, 4) is 0 Å². The topological polar surface area (TPSA) is 105 Å². The number of hydrogen-bond acceptors (Lipinski definition) is 5. The van der Waals surface area contributed by atoms with E-state index in [1.807, 2.05) is 5.32 Å². The fourth-order valence-electron chi connectivity index (χ4n) is 3.33. The number of nitrogens with zero attached hydrogens (tertiary/aromatic N) is 2. The molecule has 0 fully saturated rings. The zero-order valence-corrected chi connectivity index (χ0v) is 15.9. The fourth-order valence-corrected chi connectivity index (χ4v) is 3.59. The maximum absolute atomic E-state index is 14.9. The first-order valence-corrected chi connectivity index (χ1v) is 9.05. The lowest BCUT2D eigenvalue weighted by Gasteiger charge is -2.29. The molecular weight excluding hydrogens is 424 g/mol. The standard InChI is InChI=1S/C19H15ClF4N6/c20-12-8-28-16-15(12)10(3-4-27-16)5-9-1-2-11(6-13(9)21)18(26)7-14(19(22,23)24)29-17(25)30-18/h1-4,6-8H,5,26H2,(H,27,28)(H3,25,29,30). The lowest BCUT2D eigenvalue weighted by atomic mass is 9.95. The Morgan fingerprint density at radius 1 is 1.17 bits per heavy atom. The van der Waals surface area contributed by atoms with Gasteiger partial charge < -0.3 is 16.0 Å². The van der Waals surface area contributed by atoms with Gasteiger partial charge in [0.2, 0.25) is 0 Å². The monoisotopic (exact) mass is 438 g/mol. The molecule has 0 aliphatic carbocycles. The summed E-state index contributed by atoms with van der Waals surface area (Å²) in [5.74, 6) is -1.17. The van der Waals surface area contributed by atoms with Gasteiger partial charge in [-0.1, -0.05) is 23.7 Å². The van der Waals surface area contributed by atoms with E-state index in [-0.39, 0.29) is 12.0 Å². The van der Waals surface area contributed by atoms with E-state index in [9.17, 15) is 17.6 Å². The Bertz CT molecular complexity index is 1200. The van der Waals surface area contributed by atoms with Crippen LogP contribution in [0.15, 0.2) is 53.4 Å². The van der Waals surface area contributed by atoms with Gasteiger partial charge in [0, 0.05) is 29.8 Å². The largest absolute Gasteiger partial charge is 0.431 e. The van der Waals surface area contributed by atoms with Crippen molar-refractivity contribution >= 4 is 28.6 Å². The highest BCUT2D eigenvalue weighted by Crippen LogP contribution is 2.33. The van der Waals surface area contributed by atoms with Crippen molar-refractivity contribution in [1.29, 1.82) is 0 Å². The molecule has 30 heavy (non-hydrogen) atoms. The zero-order chi connectivity index (χ0) is 21.7. The molecule has 6 nitrogen and oxygen atoms in total. The van der Waals surface area contributed by atoms with Gasteiger partial charge in [-0.15, -0.1) is 0 Å². The number of pyridine rings is 1. The third-order valence-electron chi connectivity index (χ3n) is 4.75. The molecule has 4 rings (SSSR count). The number of nitrogens with two attached hydrogens (primary N) is 2. The van der Waals surface area contributed by atoms with Crippen LogP contribution in [0.5, 0.6) is 0 Å². The summed E-state index contributed by atoms with van der Waals surface area (Å²) in [6.45, 7) is 0. The third-order valence-corrected chi connectivity index (χ3v) is 5.04. The number of allylic oxidation sites excluding steroid dienone is 1. The van der Waals surface area contributed by atoms with Gasteiger partial charge in [-0.25, -0.2) is 14.4 Å². The van der Waals surface area contributed by atoms with E-state index in [2.05, 4.69) is 15.0 Å². The number of aromatic amines is 1. The Hall–Kier alpha value is -3.11. The molecule has 1 aliphatic rings. The Balaban J connectivity index is 1.70. The van der Waals surface area contributed by atoms with Crippen LogP contribution < -0.4 is 16.8 Å². The number of fused-ring (bicyclic) bond motifs is 1. The number of aromatic nitrogens is 2. The second-order valence-electron chi connectivity index (χ2n) is 6.82. The molecule has 156 valence electrons. The maximum atomic E-state index is 14.9. The second kappa shape index (κ2) is 6.99. The Labute approximate surface area is 172 Å². The van der Waals surface area contributed by atoms with E-state index in [0.29, 0.717) is 27.7 Å². The first kappa shape index (κ1) is 20.2. The Morgan fingerprint density at radius 3 is 2.63 bits per heavy atom. The summed E-state index contributed by atoms with van der Waals surface area (Å²) in [5, 5.41) is 3.06. The molecule has 0 saturated carbocycles. The summed E-state index contributed by atoms with van der Waals surface area (Å²) < 4.78 is 54.2. The van der Waals surface area contributed by atoms with Gasteiger partial charge in [0.15, 0.2) is 11.6 Å². The lowest BCUT2D eigenvalue weighted by molar-refractivity contribution is -0.0959. The van der Waals surface area contributed by atoms with Crippen LogP contribution in [0, 0.1) is 5.82 Å². The normalized spacial score (nSPS) is 19.4. The van der Waals surface area contributed by atoms with Crippen LogP contribution >= 0.6 is 11.6 Å². The van der Waals surface area contributed by atoms with Gasteiger partial charge in [0.05, 0.1) is 5.02 Å². The molecule has 0 bridgehead atoms. The molecule has 3 heterocycles. The SMILES string of the molecule is NC1=NC(N)(c2ccc(Cc3ccnc4[nH]cc(Cl)c34)c(F)c2)C=C(C(F)(F)F)N1. The number of H-pyrrole nitrogens is 1. The molecule has 11 heteroatoms. The summed E-state index contributed by atoms with van der Waals surface area (Å²) in [4.78, 5) is 10.9. The van der Waals surface area contributed by atoms with Crippen LogP contribution in [0.3, 0.4) is 0 Å². The number of rotatable bonds is 3. The average Bonchev–Trinajstić information content (AvgIpc) is 3.04. The van der Waals surface area contributed by atoms with E-state index in [0.717, 1.165) is 11.6 Å². The summed E-state index contributed by atoms with van der Waals surface area (Å²) in [5.41, 5.74) is 10.0. The van der Waals surface area contributed by atoms with Gasteiger partial charge in [-0.2, -0.15) is 13.2 Å². The highest BCUT2D eigenvalue weighted by atomic mass is 35.5. The van der Waals surface area contributed by atoms with E-state index in [1.165, 1.54) is 12.1 Å². The molecule has 1 atom stereocenters. The molecule has 0 saturated heterocycles. The number of aliphatic imine (C=N–C) groups is 1. The van der Waals surface area contributed by atoms with Crippen LogP contribution in [0.25, 0.3) is 11.0 Å². The van der Waals surface area contributed by atoms with Crippen LogP contribution in [0.1, 0.15) is 16.7 Å². The van der Waals surface area contributed by atoms with E-state index < -0.39 is 29.3 Å². The summed E-state index contributed by atoms with van der Waals surface area (Å²) >= 11 is 6.18. The molecule has 2 aromatic heterocycles. The van der Waals surface area contributed by atoms with Crippen molar-refractivity contribution in [3.63, 3.8) is 0 Å². The third kappa shape index (κ3) is 3.59. The molecule has 1 aliphatic heterocycles. The van der Waals surface area contributed by atoms with Gasteiger partial charge in [0.1, 0.15) is 17.2 Å². The minimum Gasteiger partial charge on any atom is -0.370 e. The van der Waals surface area contributed by atoms with Crippen molar-refractivity contribution in [3.05, 3.63) is 76.0 Å². The summed E-state index contributed by atoms with van der Waals surface area (Å²) in [7, 11) is 0. The average molecular weight is 439 g/mol. The zero-order valence-electron chi connectivity index (χ0n) is 15.2. The molecule has 0 spiro atoms. The number of alkyl halides is 3. The van der Waals surface area contributed by atoms with Gasteiger partial charge in [-0.05, 0) is 29.3 Å². The Morgan fingerprint density at radius 2 is 1.93 bits per heavy atom. The number of nitrogens with one attached hydrogen (secondary N) is 2. The molecule has 6 N–H and O–H groups in total. The number of halogens is 5. The highest BCUT2D eigenvalue weighted by Gasteiger charge is 2.40. The molecule has 0 amide bonds. The van der Waals surface area contributed by atoms with Gasteiger partial charge >= 0.3 is 6.18 Å². The van der Waals surface area contributed by atoms with Crippen LogP contribution in [-0.4, -0.2) is 22.1 Å². The molecule has 0 radical (unpaired) electrons.